The molecule has 9 heteroatoms. The second kappa shape index (κ2) is 11.1. The fraction of sp³-hybridized carbons (Fsp3) is 0.167. The van der Waals surface area contributed by atoms with Gasteiger partial charge in [0.05, 0.1) is 10.9 Å². The van der Waals surface area contributed by atoms with E-state index in [1.807, 2.05) is 0 Å². The highest BCUT2D eigenvalue weighted by Gasteiger charge is 2.24. The first-order chi connectivity index (χ1) is 15.7. The standard InChI is InChI=1S/C24H23ClN2O5S/c25-19-9-13-21(14-10-19)33(31,32)27-22(18-4-2-1-3-5-18)16-23(28)26-20-11-6-17(7-12-20)8-15-24(29)30/h1-7,9-14,22,27H,8,15-16H2,(H,26,28)(H,29,30)/t22-/m0/s1. The molecule has 3 aromatic carbocycles. The van der Waals surface area contributed by atoms with E-state index < -0.39 is 22.0 Å². The molecule has 0 aliphatic carbocycles. The normalized spacial score (nSPS) is 12.2. The van der Waals surface area contributed by atoms with E-state index in [-0.39, 0.29) is 23.6 Å². The lowest BCUT2D eigenvalue weighted by Crippen LogP contribution is -2.31. The van der Waals surface area contributed by atoms with Crippen LogP contribution in [0.5, 0.6) is 0 Å². The molecule has 0 radical (unpaired) electrons. The molecule has 0 unspecified atom stereocenters. The number of carboxylic acid groups (broad SMARTS) is 1. The van der Waals surface area contributed by atoms with Gasteiger partial charge in [0.15, 0.2) is 0 Å². The Morgan fingerprint density at radius 2 is 1.55 bits per heavy atom. The van der Waals surface area contributed by atoms with Crippen LogP contribution in [0.4, 0.5) is 5.69 Å². The molecule has 33 heavy (non-hydrogen) atoms. The van der Waals surface area contributed by atoms with Gasteiger partial charge in [-0.25, -0.2) is 13.1 Å². The van der Waals surface area contributed by atoms with Gasteiger partial charge in [0, 0.05) is 23.6 Å². The van der Waals surface area contributed by atoms with E-state index in [1.165, 1.54) is 24.3 Å². The first-order valence-corrected chi connectivity index (χ1v) is 12.0. The van der Waals surface area contributed by atoms with Gasteiger partial charge >= 0.3 is 5.97 Å². The van der Waals surface area contributed by atoms with Gasteiger partial charge in [-0.05, 0) is 53.9 Å². The summed E-state index contributed by atoms with van der Waals surface area (Å²) >= 11 is 5.86. The minimum absolute atomic E-state index is 0.0260. The largest absolute Gasteiger partial charge is 0.481 e. The average molecular weight is 487 g/mol. The zero-order chi connectivity index (χ0) is 23.8. The summed E-state index contributed by atoms with van der Waals surface area (Å²) < 4.78 is 28.4. The number of aliphatic carboxylic acids is 1. The van der Waals surface area contributed by atoms with Crippen molar-refractivity contribution < 1.29 is 23.1 Å². The topological polar surface area (TPSA) is 113 Å². The molecule has 172 valence electrons. The summed E-state index contributed by atoms with van der Waals surface area (Å²) in [6, 6.07) is 20.7. The van der Waals surface area contributed by atoms with E-state index in [0.29, 0.717) is 22.7 Å². The minimum Gasteiger partial charge on any atom is -0.481 e. The molecule has 1 atom stereocenters. The molecule has 0 saturated heterocycles. The third kappa shape index (κ3) is 7.42. The predicted molar refractivity (Wildman–Crippen MR) is 127 cm³/mol. The number of carboxylic acids is 1. The second-order valence-electron chi connectivity index (χ2n) is 7.38. The first-order valence-electron chi connectivity index (χ1n) is 10.2. The van der Waals surface area contributed by atoms with Crippen LogP contribution in [0.2, 0.25) is 5.02 Å². The molecule has 0 bridgehead atoms. The molecule has 0 aliphatic heterocycles. The SMILES string of the molecule is O=C(O)CCc1ccc(NC(=O)C[C@H](NS(=O)(=O)c2ccc(Cl)cc2)c2ccccc2)cc1. The number of carbonyl (C=O) groups is 2. The number of aryl methyl sites for hydroxylation is 1. The molecule has 1 amide bonds. The highest BCUT2D eigenvalue weighted by atomic mass is 35.5. The molecule has 0 spiro atoms. The molecular weight excluding hydrogens is 464 g/mol. The van der Waals surface area contributed by atoms with Gasteiger partial charge in [-0.15, -0.1) is 0 Å². The van der Waals surface area contributed by atoms with Crippen molar-refractivity contribution in [3.05, 3.63) is 95.0 Å². The lowest BCUT2D eigenvalue weighted by atomic mass is 10.0. The highest BCUT2D eigenvalue weighted by molar-refractivity contribution is 7.89. The summed E-state index contributed by atoms with van der Waals surface area (Å²) in [7, 11) is -3.90. The van der Waals surface area contributed by atoms with Gasteiger partial charge in [0.1, 0.15) is 0 Å². The Bertz CT molecular complexity index is 1200. The summed E-state index contributed by atoms with van der Waals surface area (Å²) in [5.74, 6) is -1.25. The number of halogens is 1. The molecule has 3 N–H and O–H groups in total. The Labute approximate surface area is 197 Å². The Balaban J connectivity index is 1.72. The summed E-state index contributed by atoms with van der Waals surface area (Å²) in [5.41, 5.74) is 2.02. The summed E-state index contributed by atoms with van der Waals surface area (Å²) in [6.45, 7) is 0. The van der Waals surface area contributed by atoms with Crippen molar-refractivity contribution in [2.75, 3.05) is 5.32 Å². The zero-order valence-electron chi connectivity index (χ0n) is 17.6. The molecule has 0 saturated carbocycles. The number of hydrogen-bond acceptors (Lipinski definition) is 4. The van der Waals surface area contributed by atoms with Crippen molar-refractivity contribution in [2.24, 2.45) is 0 Å². The monoisotopic (exact) mass is 486 g/mol. The van der Waals surface area contributed by atoms with E-state index in [4.69, 9.17) is 16.7 Å². The zero-order valence-corrected chi connectivity index (χ0v) is 19.1. The molecule has 0 aromatic heterocycles. The Morgan fingerprint density at radius 1 is 0.909 bits per heavy atom. The quantitative estimate of drug-likeness (QED) is 0.393. The summed E-state index contributed by atoms with van der Waals surface area (Å²) in [4.78, 5) is 23.5. The molecule has 3 aromatic rings. The van der Waals surface area contributed by atoms with Gasteiger partial charge < -0.3 is 10.4 Å². The smallest absolute Gasteiger partial charge is 0.303 e. The van der Waals surface area contributed by atoms with Gasteiger partial charge in [0.25, 0.3) is 0 Å². The first kappa shape index (κ1) is 24.4. The van der Waals surface area contributed by atoms with Crippen LogP contribution < -0.4 is 10.0 Å². The van der Waals surface area contributed by atoms with Crippen molar-refractivity contribution in [1.29, 1.82) is 0 Å². The van der Waals surface area contributed by atoms with Crippen LogP contribution in [0.1, 0.15) is 30.0 Å². The van der Waals surface area contributed by atoms with Gasteiger partial charge in [-0.3, -0.25) is 9.59 Å². The number of hydrogen-bond donors (Lipinski definition) is 3. The van der Waals surface area contributed by atoms with E-state index in [1.54, 1.807) is 54.6 Å². The fourth-order valence-electron chi connectivity index (χ4n) is 3.19. The number of amides is 1. The Hall–Kier alpha value is -3.20. The molecular formula is C24H23ClN2O5S. The van der Waals surface area contributed by atoms with E-state index in [0.717, 1.165) is 5.56 Å². The average Bonchev–Trinajstić information content (AvgIpc) is 2.79. The maximum atomic E-state index is 12.9. The minimum atomic E-state index is -3.90. The number of sulfonamides is 1. The van der Waals surface area contributed by atoms with Crippen molar-refractivity contribution in [3.63, 3.8) is 0 Å². The lowest BCUT2D eigenvalue weighted by molar-refractivity contribution is -0.137. The fourth-order valence-corrected chi connectivity index (χ4v) is 4.54. The Kier molecular flexibility index (Phi) is 8.21. The molecule has 0 heterocycles. The third-order valence-corrected chi connectivity index (χ3v) is 6.62. The van der Waals surface area contributed by atoms with Crippen LogP contribution >= 0.6 is 11.6 Å². The number of benzene rings is 3. The summed E-state index contributed by atoms with van der Waals surface area (Å²) in [5, 5.41) is 12.0. The summed E-state index contributed by atoms with van der Waals surface area (Å²) in [6.07, 6.45) is 0.294. The molecule has 7 nitrogen and oxygen atoms in total. The maximum Gasteiger partial charge on any atom is 0.303 e. The van der Waals surface area contributed by atoms with Crippen molar-refractivity contribution in [1.82, 2.24) is 4.72 Å². The number of rotatable bonds is 10. The van der Waals surface area contributed by atoms with Crippen molar-refractivity contribution >= 4 is 39.2 Å². The maximum absolute atomic E-state index is 12.9. The van der Waals surface area contributed by atoms with Crippen molar-refractivity contribution in [3.8, 4) is 0 Å². The second-order valence-corrected chi connectivity index (χ2v) is 9.53. The van der Waals surface area contributed by atoms with E-state index >= 15 is 0 Å². The number of anilines is 1. The van der Waals surface area contributed by atoms with Gasteiger partial charge in [-0.2, -0.15) is 0 Å². The van der Waals surface area contributed by atoms with Crippen LogP contribution in [-0.2, 0) is 26.0 Å². The molecule has 0 aliphatic rings. The lowest BCUT2D eigenvalue weighted by Gasteiger charge is -2.19. The highest BCUT2D eigenvalue weighted by Crippen LogP contribution is 2.22. The van der Waals surface area contributed by atoms with E-state index in [9.17, 15) is 18.0 Å². The van der Waals surface area contributed by atoms with Crippen LogP contribution in [-0.4, -0.2) is 25.4 Å². The van der Waals surface area contributed by atoms with Crippen LogP contribution in [0.15, 0.2) is 83.8 Å². The number of nitrogens with one attached hydrogen (secondary N) is 2. The van der Waals surface area contributed by atoms with Crippen LogP contribution in [0.3, 0.4) is 0 Å². The van der Waals surface area contributed by atoms with Crippen LogP contribution in [0, 0.1) is 0 Å². The van der Waals surface area contributed by atoms with Crippen LogP contribution in [0.25, 0.3) is 0 Å². The molecule has 0 fully saturated rings. The van der Waals surface area contributed by atoms with Gasteiger partial charge in [-0.1, -0.05) is 54.1 Å². The van der Waals surface area contributed by atoms with Gasteiger partial charge in [0.2, 0.25) is 15.9 Å². The van der Waals surface area contributed by atoms with E-state index in [2.05, 4.69) is 10.0 Å². The molecule has 3 rings (SSSR count). The van der Waals surface area contributed by atoms with Crippen molar-refractivity contribution in [2.45, 2.75) is 30.2 Å². The predicted octanol–water partition coefficient (Wildman–Crippen LogP) is 4.41. The number of carbonyl (C=O) groups excluding carboxylic acids is 1. The third-order valence-electron chi connectivity index (χ3n) is 4.88. The Morgan fingerprint density at radius 3 is 2.15 bits per heavy atom.